The average Bonchev–Trinajstić information content (AvgIpc) is 2.68. The van der Waals surface area contributed by atoms with Crippen LogP contribution in [0.5, 0.6) is 0 Å². The van der Waals surface area contributed by atoms with Crippen LogP contribution in [-0.4, -0.2) is 38.3 Å². The number of alkyl halides is 3. The standard InChI is InChI=1S/C11H13F3N2O3S/c1-6-4-20-9(10(18)19-2)8(6)16-7(17)3-15-5-11(12,13)14/h4,15H,3,5H2,1-2H3,(H,16,17). The molecule has 0 aliphatic rings. The summed E-state index contributed by atoms with van der Waals surface area (Å²) in [7, 11) is 1.20. The molecule has 0 bridgehead atoms. The highest BCUT2D eigenvalue weighted by Crippen LogP contribution is 2.28. The third-order valence-electron chi connectivity index (χ3n) is 2.22. The summed E-state index contributed by atoms with van der Waals surface area (Å²) in [4.78, 5) is 23.2. The van der Waals surface area contributed by atoms with Gasteiger partial charge in [-0.2, -0.15) is 13.2 Å². The fraction of sp³-hybridized carbons (Fsp3) is 0.455. The van der Waals surface area contributed by atoms with Gasteiger partial charge in [0.15, 0.2) is 0 Å². The molecule has 0 spiro atoms. The van der Waals surface area contributed by atoms with Crippen LogP contribution in [0.15, 0.2) is 5.38 Å². The average molecular weight is 310 g/mol. The fourth-order valence-electron chi connectivity index (χ4n) is 1.34. The molecule has 1 aromatic rings. The number of carbonyl (C=O) groups excluding carboxylic acids is 2. The molecule has 112 valence electrons. The molecule has 9 heteroatoms. The van der Waals surface area contributed by atoms with Crippen molar-refractivity contribution in [1.82, 2.24) is 5.32 Å². The number of hydrogen-bond donors (Lipinski definition) is 2. The molecule has 0 fully saturated rings. The Hall–Kier alpha value is -1.61. The number of ether oxygens (including phenoxy) is 1. The zero-order valence-electron chi connectivity index (χ0n) is 10.8. The van der Waals surface area contributed by atoms with Crippen LogP contribution >= 0.6 is 11.3 Å². The number of nitrogens with one attached hydrogen (secondary N) is 2. The number of aryl methyl sites for hydroxylation is 1. The van der Waals surface area contributed by atoms with Crippen molar-refractivity contribution in [1.29, 1.82) is 0 Å². The molecule has 0 unspecified atom stereocenters. The Morgan fingerprint density at radius 1 is 1.40 bits per heavy atom. The quantitative estimate of drug-likeness (QED) is 0.816. The maximum Gasteiger partial charge on any atom is 0.401 e. The second-order valence-corrected chi connectivity index (χ2v) is 4.76. The third-order valence-corrected chi connectivity index (χ3v) is 3.30. The number of thiophene rings is 1. The summed E-state index contributed by atoms with van der Waals surface area (Å²) in [6.07, 6.45) is -4.38. The Morgan fingerprint density at radius 2 is 2.05 bits per heavy atom. The van der Waals surface area contributed by atoms with Gasteiger partial charge in [-0.15, -0.1) is 11.3 Å². The first kappa shape index (κ1) is 16.4. The summed E-state index contributed by atoms with van der Waals surface area (Å²) >= 11 is 1.09. The first-order valence-corrected chi connectivity index (χ1v) is 6.36. The summed E-state index contributed by atoms with van der Waals surface area (Å²) in [5, 5.41) is 6.01. The molecule has 1 amide bonds. The van der Waals surface area contributed by atoms with Gasteiger partial charge in [0.2, 0.25) is 5.91 Å². The minimum atomic E-state index is -4.38. The number of esters is 1. The minimum absolute atomic E-state index is 0.203. The van der Waals surface area contributed by atoms with E-state index in [0.717, 1.165) is 11.3 Å². The maximum atomic E-state index is 11.9. The number of anilines is 1. The van der Waals surface area contributed by atoms with Gasteiger partial charge in [-0.3, -0.25) is 4.79 Å². The van der Waals surface area contributed by atoms with Crippen LogP contribution in [0.2, 0.25) is 0 Å². The molecule has 20 heavy (non-hydrogen) atoms. The Kier molecular flexibility index (Phi) is 5.52. The summed E-state index contributed by atoms with van der Waals surface area (Å²) in [6, 6.07) is 0. The molecule has 0 aliphatic carbocycles. The van der Waals surface area contributed by atoms with Crippen LogP contribution < -0.4 is 10.6 Å². The normalized spacial score (nSPS) is 11.2. The Morgan fingerprint density at radius 3 is 2.60 bits per heavy atom. The van der Waals surface area contributed by atoms with E-state index in [-0.39, 0.29) is 10.6 Å². The maximum absolute atomic E-state index is 11.9. The monoisotopic (exact) mass is 310 g/mol. The van der Waals surface area contributed by atoms with Crippen molar-refractivity contribution >= 4 is 28.9 Å². The van der Waals surface area contributed by atoms with E-state index >= 15 is 0 Å². The van der Waals surface area contributed by atoms with Crippen LogP contribution in [0.1, 0.15) is 15.2 Å². The number of amides is 1. The molecule has 0 radical (unpaired) electrons. The lowest BCUT2D eigenvalue weighted by Crippen LogP contribution is -2.35. The fourth-order valence-corrected chi connectivity index (χ4v) is 2.27. The van der Waals surface area contributed by atoms with Crippen molar-refractivity contribution in [3.8, 4) is 0 Å². The largest absolute Gasteiger partial charge is 0.465 e. The molecular formula is C11H13F3N2O3S. The third kappa shape index (κ3) is 4.82. The van der Waals surface area contributed by atoms with E-state index in [1.165, 1.54) is 7.11 Å². The Bertz CT molecular complexity index is 500. The molecule has 2 N–H and O–H groups in total. The SMILES string of the molecule is COC(=O)c1scc(C)c1NC(=O)CNCC(F)(F)F. The van der Waals surface area contributed by atoms with Gasteiger partial charge >= 0.3 is 12.1 Å². The first-order valence-electron chi connectivity index (χ1n) is 5.48. The zero-order valence-corrected chi connectivity index (χ0v) is 11.6. The number of hydrogen-bond acceptors (Lipinski definition) is 5. The molecule has 0 atom stereocenters. The van der Waals surface area contributed by atoms with E-state index < -0.39 is 31.1 Å². The second-order valence-electron chi connectivity index (χ2n) is 3.88. The summed E-state index contributed by atoms with van der Waals surface area (Å²) < 4.78 is 40.3. The molecule has 0 saturated heterocycles. The molecule has 0 saturated carbocycles. The van der Waals surface area contributed by atoms with E-state index in [4.69, 9.17) is 0 Å². The van der Waals surface area contributed by atoms with E-state index in [2.05, 4.69) is 10.1 Å². The topological polar surface area (TPSA) is 67.4 Å². The first-order chi connectivity index (χ1) is 9.24. The molecule has 0 aliphatic heterocycles. The van der Waals surface area contributed by atoms with Gasteiger partial charge in [-0.25, -0.2) is 4.79 Å². The minimum Gasteiger partial charge on any atom is -0.465 e. The summed E-state index contributed by atoms with van der Waals surface area (Å²) in [5.41, 5.74) is 0.903. The van der Waals surface area contributed by atoms with Gasteiger partial charge in [0.1, 0.15) is 4.88 Å². The van der Waals surface area contributed by atoms with Crippen molar-refractivity contribution in [3.05, 3.63) is 15.8 Å². The molecule has 1 heterocycles. The lowest BCUT2D eigenvalue weighted by molar-refractivity contribution is -0.126. The summed E-state index contributed by atoms with van der Waals surface area (Å²) in [5.74, 6) is -1.28. The highest BCUT2D eigenvalue weighted by atomic mass is 32.1. The van der Waals surface area contributed by atoms with Crippen LogP contribution in [0.4, 0.5) is 18.9 Å². The van der Waals surface area contributed by atoms with Gasteiger partial charge in [-0.1, -0.05) is 0 Å². The van der Waals surface area contributed by atoms with Crippen molar-refractivity contribution in [2.75, 3.05) is 25.5 Å². The number of carbonyl (C=O) groups is 2. The van der Waals surface area contributed by atoms with Crippen molar-refractivity contribution in [3.63, 3.8) is 0 Å². The van der Waals surface area contributed by atoms with Crippen molar-refractivity contribution in [2.24, 2.45) is 0 Å². The highest BCUT2D eigenvalue weighted by molar-refractivity contribution is 7.12. The Balaban J connectivity index is 2.62. The van der Waals surface area contributed by atoms with Gasteiger partial charge in [0, 0.05) is 0 Å². The molecule has 0 aromatic carbocycles. The second kappa shape index (κ2) is 6.71. The van der Waals surface area contributed by atoms with Gasteiger partial charge in [0.25, 0.3) is 0 Å². The van der Waals surface area contributed by atoms with Crippen LogP contribution in [0, 0.1) is 6.92 Å². The van der Waals surface area contributed by atoms with Crippen molar-refractivity contribution in [2.45, 2.75) is 13.1 Å². The predicted octanol–water partition coefficient (Wildman–Crippen LogP) is 1.93. The van der Waals surface area contributed by atoms with Gasteiger partial charge < -0.3 is 15.4 Å². The summed E-state index contributed by atoms with van der Waals surface area (Å²) in [6.45, 7) is -0.0933. The van der Waals surface area contributed by atoms with Crippen LogP contribution in [0.25, 0.3) is 0 Å². The van der Waals surface area contributed by atoms with E-state index in [1.807, 2.05) is 5.32 Å². The van der Waals surface area contributed by atoms with Crippen molar-refractivity contribution < 1.29 is 27.5 Å². The molecule has 1 aromatic heterocycles. The van der Waals surface area contributed by atoms with E-state index in [9.17, 15) is 22.8 Å². The van der Waals surface area contributed by atoms with E-state index in [0.29, 0.717) is 5.56 Å². The molecule has 5 nitrogen and oxygen atoms in total. The lowest BCUT2D eigenvalue weighted by atomic mass is 10.2. The van der Waals surface area contributed by atoms with E-state index in [1.54, 1.807) is 12.3 Å². The molecule has 1 rings (SSSR count). The van der Waals surface area contributed by atoms with Gasteiger partial charge in [-0.05, 0) is 17.9 Å². The predicted molar refractivity (Wildman–Crippen MR) is 67.9 cm³/mol. The Labute approximate surface area is 117 Å². The molecular weight excluding hydrogens is 297 g/mol. The lowest BCUT2D eigenvalue weighted by Gasteiger charge is -2.09. The number of methoxy groups -OCH3 is 1. The smallest absolute Gasteiger partial charge is 0.401 e. The van der Waals surface area contributed by atoms with Crippen LogP contribution in [0.3, 0.4) is 0 Å². The number of halogens is 3. The van der Waals surface area contributed by atoms with Gasteiger partial charge in [0.05, 0.1) is 25.9 Å². The zero-order chi connectivity index (χ0) is 15.3. The number of rotatable bonds is 5. The van der Waals surface area contributed by atoms with Crippen LogP contribution in [-0.2, 0) is 9.53 Å². The highest BCUT2D eigenvalue weighted by Gasteiger charge is 2.26.